The van der Waals surface area contributed by atoms with Crippen LogP contribution >= 0.6 is 0 Å². The van der Waals surface area contributed by atoms with Crippen LogP contribution in [-0.4, -0.2) is 9.97 Å². The molecule has 0 saturated heterocycles. The van der Waals surface area contributed by atoms with Gasteiger partial charge in [-0.25, -0.2) is 0 Å². The molecule has 0 radical (unpaired) electrons. The van der Waals surface area contributed by atoms with Crippen LogP contribution in [0.5, 0.6) is 11.5 Å². The van der Waals surface area contributed by atoms with Gasteiger partial charge in [0, 0.05) is 23.9 Å². The first-order valence-electron chi connectivity index (χ1n) is 12.1. The van der Waals surface area contributed by atoms with E-state index in [2.05, 4.69) is 58.5 Å². The molecule has 184 valence electrons. The van der Waals surface area contributed by atoms with Gasteiger partial charge >= 0.3 is 20.4 Å². The molecule has 4 aromatic carbocycles. The van der Waals surface area contributed by atoms with Gasteiger partial charge in [-0.1, -0.05) is 103 Å². The quantitative estimate of drug-likeness (QED) is 0.146. The topological polar surface area (TPSA) is 35.0 Å². The van der Waals surface area contributed by atoms with Gasteiger partial charge in [0.25, 0.3) is 0 Å². The minimum Gasteiger partial charge on any atom is -0.497 e. The van der Waals surface area contributed by atoms with Crippen molar-refractivity contribution in [2.45, 2.75) is 0 Å². The largest absolute Gasteiger partial charge is 2.00 e. The maximum atomic E-state index is 6.31. The van der Waals surface area contributed by atoms with Crippen LogP contribution in [0.1, 0.15) is 0 Å². The van der Waals surface area contributed by atoms with Crippen LogP contribution in [0, 0.1) is 12.1 Å². The van der Waals surface area contributed by atoms with Gasteiger partial charge in [-0.3, -0.25) is 0 Å². The Hall–Kier alpha value is -4.36. The number of hydrogen-bond donors (Lipinski definition) is 0. The molecule has 38 heavy (non-hydrogen) atoms. The van der Waals surface area contributed by atoms with Crippen molar-refractivity contribution < 1.29 is 25.2 Å². The average molecular weight is 581 g/mol. The second-order valence-corrected chi connectivity index (χ2v) is 8.55. The number of ether oxygens (including phenoxy) is 1. The fraction of sp³-hybridized carbons (Fsp3) is 0. The first kappa shape index (κ1) is 25.3. The van der Waals surface area contributed by atoms with Gasteiger partial charge in [0.15, 0.2) is 0 Å². The van der Waals surface area contributed by atoms with Crippen LogP contribution in [0.25, 0.3) is 44.8 Å². The third-order valence-corrected chi connectivity index (χ3v) is 6.02. The number of nitrogens with zero attached hydrogens (tertiary/aromatic N) is 2. The van der Waals surface area contributed by atoms with Crippen LogP contribution in [0.15, 0.2) is 134 Å². The van der Waals surface area contributed by atoms with Crippen molar-refractivity contribution in [2.75, 3.05) is 0 Å². The molecule has 4 heteroatoms. The standard InChI is InChI=1S/C34H22N2O.Pd/c1-3-10-25(11-4-1)27-17-19-36-34(24-27)28-14-9-15-31(21-28)37-32-22-29(26-12-5-2-6-13-26)20-30(23-32)33-16-7-8-18-35-33;/h1-20,22,24H;/q-2;+2. The Balaban J connectivity index is 0.00000294. The molecule has 6 rings (SSSR count). The molecule has 0 atom stereocenters. The van der Waals surface area contributed by atoms with E-state index in [1.807, 2.05) is 91.1 Å². The van der Waals surface area contributed by atoms with Crippen LogP contribution in [-0.2, 0) is 20.4 Å². The molecule has 0 aliphatic carbocycles. The first-order chi connectivity index (χ1) is 18.3. The minimum atomic E-state index is 0. The molecule has 0 aliphatic rings. The predicted molar refractivity (Wildman–Crippen MR) is 148 cm³/mol. The Kier molecular flexibility index (Phi) is 7.85. The van der Waals surface area contributed by atoms with Crippen molar-refractivity contribution >= 4 is 0 Å². The minimum absolute atomic E-state index is 0. The number of benzene rings is 4. The zero-order valence-corrected chi connectivity index (χ0v) is 21.9. The smallest absolute Gasteiger partial charge is 0.497 e. The fourth-order valence-corrected chi connectivity index (χ4v) is 4.22. The van der Waals surface area contributed by atoms with Crippen molar-refractivity contribution in [3.63, 3.8) is 0 Å². The Morgan fingerprint density at radius 2 is 1.13 bits per heavy atom. The first-order valence-corrected chi connectivity index (χ1v) is 12.1. The molecule has 2 heterocycles. The van der Waals surface area contributed by atoms with E-state index in [-0.39, 0.29) is 20.4 Å². The summed E-state index contributed by atoms with van der Waals surface area (Å²) < 4.78 is 6.31. The molecule has 2 aromatic heterocycles. The van der Waals surface area contributed by atoms with Crippen molar-refractivity contribution in [3.8, 4) is 56.3 Å². The third-order valence-electron chi connectivity index (χ3n) is 6.02. The van der Waals surface area contributed by atoms with Crippen LogP contribution in [0.3, 0.4) is 0 Å². The van der Waals surface area contributed by atoms with Gasteiger partial charge in [0.05, 0.1) is 0 Å². The summed E-state index contributed by atoms with van der Waals surface area (Å²) in [6.45, 7) is 0. The maximum Gasteiger partial charge on any atom is 2.00 e. The van der Waals surface area contributed by atoms with E-state index in [1.54, 1.807) is 6.20 Å². The summed E-state index contributed by atoms with van der Waals surface area (Å²) >= 11 is 0. The molecule has 6 aromatic rings. The number of rotatable bonds is 6. The summed E-state index contributed by atoms with van der Waals surface area (Å²) in [7, 11) is 0. The van der Waals surface area contributed by atoms with Gasteiger partial charge in [0.2, 0.25) is 0 Å². The third kappa shape index (κ3) is 5.79. The number of hydrogen-bond acceptors (Lipinski definition) is 3. The van der Waals surface area contributed by atoms with Gasteiger partial charge < -0.3 is 14.7 Å². The molecule has 3 nitrogen and oxygen atoms in total. The van der Waals surface area contributed by atoms with E-state index in [4.69, 9.17) is 4.74 Å². The van der Waals surface area contributed by atoms with Crippen LogP contribution in [0.2, 0.25) is 0 Å². The zero-order chi connectivity index (χ0) is 24.9. The van der Waals surface area contributed by atoms with E-state index in [9.17, 15) is 0 Å². The van der Waals surface area contributed by atoms with Gasteiger partial charge in [0.1, 0.15) is 0 Å². The molecular weight excluding hydrogens is 559 g/mol. The summed E-state index contributed by atoms with van der Waals surface area (Å²) in [5.74, 6) is 1.19. The van der Waals surface area contributed by atoms with Crippen LogP contribution < -0.4 is 4.74 Å². The SMILES string of the molecule is [Pd+2].[c-]1c(Oc2[c-]c(-c3ccccn3)cc(-c3ccccc3)c2)cccc1-c1cc(-c2ccccc2)ccn1. The molecular formula is C34H22N2OPd. The maximum absolute atomic E-state index is 6.31. The Morgan fingerprint density at radius 1 is 0.447 bits per heavy atom. The molecule has 0 bridgehead atoms. The van der Waals surface area contributed by atoms with Gasteiger partial charge in [-0.2, -0.15) is 0 Å². The number of aromatic nitrogens is 2. The van der Waals surface area contributed by atoms with Gasteiger partial charge in [-0.15, -0.1) is 35.4 Å². The number of pyridine rings is 2. The Bertz CT molecular complexity index is 1580. The van der Waals surface area contributed by atoms with Crippen molar-refractivity contribution in [1.82, 2.24) is 9.97 Å². The summed E-state index contributed by atoms with van der Waals surface area (Å²) in [6.07, 6.45) is 3.61. The monoisotopic (exact) mass is 580 g/mol. The van der Waals surface area contributed by atoms with Gasteiger partial charge in [-0.05, 0) is 40.2 Å². The Morgan fingerprint density at radius 3 is 1.87 bits per heavy atom. The molecule has 0 amide bonds. The molecule has 0 fully saturated rings. The van der Waals surface area contributed by atoms with Crippen molar-refractivity contribution in [2.24, 2.45) is 0 Å². The van der Waals surface area contributed by atoms with E-state index in [1.165, 1.54) is 0 Å². The normalized spacial score (nSPS) is 10.4. The average Bonchev–Trinajstić information content (AvgIpc) is 2.99. The molecule has 0 aliphatic heterocycles. The van der Waals surface area contributed by atoms with E-state index in [0.717, 1.165) is 44.8 Å². The summed E-state index contributed by atoms with van der Waals surface area (Å²) in [5, 5.41) is 0. The van der Waals surface area contributed by atoms with E-state index >= 15 is 0 Å². The summed E-state index contributed by atoms with van der Waals surface area (Å²) in [5.41, 5.74) is 7.78. The molecule has 0 saturated carbocycles. The van der Waals surface area contributed by atoms with E-state index < -0.39 is 0 Å². The van der Waals surface area contributed by atoms with E-state index in [0.29, 0.717) is 11.5 Å². The molecule has 0 spiro atoms. The predicted octanol–water partition coefficient (Wildman–Crippen LogP) is 8.53. The second-order valence-electron chi connectivity index (χ2n) is 8.55. The van der Waals surface area contributed by atoms with Crippen molar-refractivity contribution in [3.05, 3.63) is 146 Å². The fourth-order valence-electron chi connectivity index (χ4n) is 4.22. The molecule has 0 unspecified atom stereocenters. The summed E-state index contributed by atoms with van der Waals surface area (Å²) in [6, 6.07) is 47.2. The van der Waals surface area contributed by atoms with Crippen molar-refractivity contribution in [1.29, 1.82) is 0 Å². The molecule has 0 N–H and O–H groups in total. The second kappa shape index (κ2) is 11.8. The Labute approximate surface area is 236 Å². The van der Waals surface area contributed by atoms with Crippen LogP contribution in [0.4, 0.5) is 0 Å². The summed E-state index contributed by atoms with van der Waals surface area (Å²) in [4.78, 5) is 9.10. The zero-order valence-electron chi connectivity index (χ0n) is 20.3.